The molecule has 7 nitrogen and oxygen atoms in total. The number of para-hydroxylation sites is 2. The highest BCUT2D eigenvalue weighted by molar-refractivity contribution is 5.77. The Morgan fingerprint density at radius 3 is 2.83 bits per heavy atom. The second-order valence-electron chi connectivity index (χ2n) is 5.93. The molecule has 0 saturated carbocycles. The van der Waals surface area contributed by atoms with Crippen molar-refractivity contribution in [3.05, 3.63) is 36.7 Å². The summed E-state index contributed by atoms with van der Waals surface area (Å²) in [6, 6.07) is 10.3. The fraction of sp³-hybridized carbons (Fsp3) is 0.353. The molecule has 3 heterocycles. The first kappa shape index (κ1) is 14.7. The molecule has 0 aliphatic carbocycles. The summed E-state index contributed by atoms with van der Waals surface area (Å²) < 4.78 is 5.14. The number of nitrogens with one attached hydrogen (secondary N) is 2. The molecule has 2 aromatic heterocycles. The highest BCUT2D eigenvalue weighted by atomic mass is 16.5. The van der Waals surface area contributed by atoms with Crippen molar-refractivity contribution in [1.29, 1.82) is 0 Å². The lowest BCUT2D eigenvalue weighted by atomic mass is 10.1. The summed E-state index contributed by atoms with van der Waals surface area (Å²) in [5.41, 5.74) is 2.10. The largest absolute Gasteiger partial charge is 0.481 e. The summed E-state index contributed by atoms with van der Waals surface area (Å²) in [5, 5.41) is 3.47. The number of imidazole rings is 1. The van der Waals surface area contributed by atoms with Crippen LogP contribution in [-0.2, 0) is 0 Å². The number of piperidine rings is 1. The van der Waals surface area contributed by atoms with E-state index < -0.39 is 0 Å². The monoisotopic (exact) mass is 324 g/mol. The van der Waals surface area contributed by atoms with E-state index in [1.165, 1.54) is 6.33 Å². The second-order valence-corrected chi connectivity index (χ2v) is 5.93. The number of aromatic nitrogens is 4. The van der Waals surface area contributed by atoms with Crippen molar-refractivity contribution in [2.24, 2.45) is 0 Å². The van der Waals surface area contributed by atoms with Crippen LogP contribution in [0.25, 0.3) is 11.0 Å². The summed E-state index contributed by atoms with van der Waals surface area (Å²) in [5.74, 6) is 2.34. The average Bonchev–Trinajstić information content (AvgIpc) is 3.06. The van der Waals surface area contributed by atoms with Crippen LogP contribution in [0.1, 0.15) is 12.8 Å². The number of methoxy groups -OCH3 is 1. The first-order chi connectivity index (χ1) is 11.8. The predicted molar refractivity (Wildman–Crippen MR) is 93.5 cm³/mol. The van der Waals surface area contributed by atoms with Gasteiger partial charge < -0.3 is 19.9 Å². The van der Waals surface area contributed by atoms with Crippen LogP contribution in [0.15, 0.2) is 36.7 Å². The molecule has 3 aromatic rings. The van der Waals surface area contributed by atoms with Gasteiger partial charge in [-0.25, -0.2) is 15.0 Å². The maximum absolute atomic E-state index is 5.14. The minimum atomic E-state index is 0.394. The van der Waals surface area contributed by atoms with E-state index in [2.05, 4.69) is 36.2 Å². The van der Waals surface area contributed by atoms with Gasteiger partial charge in [0.15, 0.2) is 0 Å². The van der Waals surface area contributed by atoms with Gasteiger partial charge in [-0.2, -0.15) is 0 Å². The molecule has 0 unspecified atom stereocenters. The zero-order chi connectivity index (χ0) is 16.4. The number of anilines is 2. The van der Waals surface area contributed by atoms with Crippen molar-refractivity contribution in [2.75, 3.05) is 30.4 Å². The van der Waals surface area contributed by atoms with E-state index in [0.29, 0.717) is 11.9 Å². The van der Waals surface area contributed by atoms with Crippen LogP contribution in [0, 0.1) is 0 Å². The highest BCUT2D eigenvalue weighted by Gasteiger charge is 2.21. The van der Waals surface area contributed by atoms with Gasteiger partial charge in [0.2, 0.25) is 11.8 Å². The predicted octanol–water partition coefficient (Wildman–Crippen LogP) is 2.44. The van der Waals surface area contributed by atoms with Crippen LogP contribution < -0.4 is 15.0 Å². The lowest BCUT2D eigenvalue weighted by molar-refractivity contribution is 0.397. The van der Waals surface area contributed by atoms with Gasteiger partial charge in [-0.1, -0.05) is 12.1 Å². The maximum Gasteiger partial charge on any atom is 0.218 e. The number of rotatable bonds is 4. The number of ether oxygens (including phenoxy) is 1. The standard InChI is InChI=1S/C17H20N6O/c1-24-16-10-15(18-11-19-16)20-12-6-8-23(9-7-12)17-21-13-4-2-3-5-14(13)22-17/h2-5,10-12H,6-9H2,1H3,(H,21,22)(H,18,19,20). The number of H-pyrrole nitrogens is 1. The van der Waals surface area contributed by atoms with Gasteiger partial charge in [-0.3, -0.25) is 0 Å². The maximum atomic E-state index is 5.14. The molecule has 124 valence electrons. The molecule has 0 spiro atoms. The van der Waals surface area contributed by atoms with E-state index in [-0.39, 0.29) is 0 Å². The van der Waals surface area contributed by atoms with Gasteiger partial charge in [-0.15, -0.1) is 0 Å². The third kappa shape index (κ3) is 2.97. The summed E-state index contributed by atoms with van der Waals surface area (Å²) >= 11 is 0. The molecule has 24 heavy (non-hydrogen) atoms. The summed E-state index contributed by atoms with van der Waals surface area (Å²) in [6.45, 7) is 1.92. The van der Waals surface area contributed by atoms with Gasteiger partial charge in [0, 0.05) is 25.2 Å². The Balaban J connectivity index is 1.39. The molecule has 1 saturated heterocycles. The molecule has 0 atom stereocenters. The number of hydrogen-bond acceptors (Lipinski definition) is 6. The van der Waals surface area contributed by atoms with Crippen molar-refractivity contribution in [3.8, 4) is 5.88 Å². The van der Waals surface area contributed by atoms with Crippen molar-refractivity contribution in [1.82, 2.24) is 19.9 Å². The van der Waals surface area contributed by atoms with Crippen molar-refractivity contribution in [2.45, 2.75) is 18.9 Å². The minimum Gasteiger partial charge on any atom is -0.481 e. The van der Waals surface area contributed by atoms with Crippen LogP contribution in [0.2, 0.25) is 0 Å². The van der Waals surface area contributed by atoms with Gasteiger partial charge >= 0.3 is 0 Å². The number of benzene rings is 1. The van der Waals surface area contributed by atoms with Crippen LogP contribution in [-0.4, -0.2) is 46.2 Å². The normalized spacial score (nSPS) is 15.6. The smallest absolute Gasteiger partial charge is 0.218 e. The molecule has 2 N–H and O–H groups in total. The number of hydrogen-bond donors (Lipinski definition) is 2. The quantitative estimate of drug-likeness (QED) is 0.767. The molecule has 1 aliphatic heterocycles. The Morgan fingerprint density at radius 2 is 2.04 bits per heavy atom. The van der Waals surface area contributed by atoms with E-state index in [0.717, 1.165) is 48.7 Å². The van der Waals surface area contributed by atoms with Gasteiger partial charge in [0.05, 0.1) is 18.1 Å². The zero-order valence-electron chi connectivity index (χ0n) is 13.6. The van der Waals surface area contributed by atoms with E-state index in [4.69, 9.17) is 4.74 Å². The zero-order valence-corrected chi connectivity index (χ0v) is 13.6. The van der Waals surface area contributed by atoms with Gasteiger partial charge in [-0.05, 0) is 25.0 Å². The Morgan fingerprint density at radius 1 is 1.21 bits per heavy atom. The Kier molecular flexibility index (Phi) is 3.90. The minimum absolute atomic E-state index is 0.394. The average molecular weight is 324 g/mol. The Labute approximate surface area is 140 Å². The second kappa shape index (κ2) is 6.35. The lowest BCUT2D eigenvalue weighted by Gasteiger charge is -2.32. The Hall–Kier alpha value is -2.83. The van der Waals surface area contributed by atoms with E-state index in [1.54, 1.807) is 7.11 Å². The number of fused-ring (bicyclic) bond motifs is 1. The van der Waals surface area contributed by atoms with E-state index in [1.807, 2.05) is 24.3 Å². The van der Waals surface area contributed by atoms with Crippen molar-refractivity contribution >= 4 is 22.8 Å². The topological polar surface area (TPSA) is 79.0 Å². The molecule has 1 aromatic carbocycles. The van der Waals surface area contributed by atoms with Crippen LogP contribution in [0.4, 0.5) is 11.8 Å². The van der Waals surface area contributed by atoms with Gasteiger partial charge in [0.1, 0.15) is 12.1 Å². The van der Waals surface area contributed by atoms with Crippen LogP contribution >= 0.6 is 0 Å². The third-order valence-corrected chi connectivity index (χ3v) is 4.37. The highest BCUT2D eigenvalue weighted by Crippen LogP contribution is 2.22. The molecule has 4 rings (SSSR count). The molecule has 1 fully saturated rings. The number of aromatic amines is 1. The molecular formula is C17H20N6O. The van der Waals surface area contributed by atoms with E-state index in [9.17, 15) is 0 Å². The van der Waals surface area contributed by atoms with Crippen molar-refractivity contribution < 1.29 is 4.74 Å². The molecule has 0 amide bonds. The third-order valence-electron chi connectivity index (χ3n) is 4.37. The SMILES string of the molecule is COc1cc(NC2CCN(c3nc4ccccc4[nH]3)CC2)ncn1. The lowest BCUT2D eigenvalue weighted by Crippen LogP contribution is -2.39. The molecule has 1 aliphatic rings. The fourth-order valence-corrected chi connectivity index (χ4v) is 3.06. The van der Waals surface area contributed by atoms with Crippen molar-refractivity contribution in [3.63, 3.8) is 0 Å². The summed E-state index contributed by atoms with van der Waals surface area (Å²) in [4.78, 5) is 18.7. The van der Waals surface area contributed by atoms with Crippen LogP contribution in [0.3, 0.4) is 0 Å². The molecular weight excluding hydrogens is 304 g/mol. The first-order valence-electron chi connectivity index (χ1n) is 8.14. The Bertz CT molecular complexity index is 792. The van der Waals surface area contributed by atoms with E-state index >= 15 is 0 Å². The molecule has 0 radical (unpaired) electrons. The summed E-state index contributed by atoms with van der Waals surface area (Å²) in [7, 11) is 1.61. The first-order valence-corrected chi connectivity index (χ1v) is 8.14. The fourth-order valence-electron chi connectivity index (χ4n) is 3.06. The molecule has 0 bridgehead atoms. The van der Waals surface area contributed by atoms with Crippen LogP contribution in [0.5, 0.6) is 5.88 Å². The van der Waals surface area contributed by atoms with Gasteiger partial charge in [0.25, 0.3) is 0 Å². The molecule has 7 heteroatoms. The number of nitrogens with zero attached hydrogens (tertiary/aromatic N) is 4. The summed E-state index contributed by atoms with van der Waals surface area (Å²) in [6.07, 6.45) is 3.58.